The Labute approximate surface area is 227 Å². The number of benzene rings is 2. The molecule has 9 nitrogen and oxygen atoms in total. The summed E-state index contributed by atoms with van der Waals surface area (Å²) in [4.78, 5) is 12.3. The van der Waals surface area contributed by atoms with E-state index < -0.39 is 10.0 Å². The molecule has 1 aliphatic rings. The third-order valence-electron chi connectivity index (χ3n) is 6.68. The molecular formula is C28H42N4O5S. The van der Waals surface area contributed by atoms with Crippen LogP contribution in [-0.4, -0.2) is 63.2 Å². The fraction of sp³-hybridized carbons (Fsp3) is 0.536. The van der Waals surface area contributed by atoms with E-state index in [9.17, 15) is 18.3 Å². The zero-order valence-electron chi connectivity index (χ0n) is 22.3. The number of carbonyl (C=O) groups is 1. The van der Waals surface area contributed by atoms with Gasteiger partial charge in [-0.05, 0) is 93.2 Å². The molecule has 0 atom stereocenters. The van der Waals surface area contributed by atoms with Crippen LogP contribution in [0.1, 0.15) is 51.9 Å². The number of ether oxygens (including phenoxy) is 1. The zero-order chi connectivity index (χ0) is 27.2. The summed E-state index contributed by atoms with van der Waals surface area (Å²) in [5.41, 5.74) is 0.563. The molecule has 0 aliphatic carbocycles. The lowest BCUT2D eigenvalue weighted by Gasteiger charge is -2.31. The summed E-state index contributed by atoms with van der Waals surface area (Å²) in [5, 5.41) is 18.3. The van der Waals surface area contributed by atoms with Crippen LogP contribution in [0.25, 0.3) is 0 Å². The van der Waals surface area contributed by atoms with Gasteiger partial charge in [0.25, 0.3) is 0 Å². The van der Waals surface area contributed by atoms with Crippen LogP contribution in [-0.2, 0) is 10.0 Å². The van der Waals surface area contributed by atoms with Crippen molar-refractivity contribution in [3.8, 4) is 11.5 Å². The van der Waals surface area contributed by atoms with Gasteiger partial charge in [0.1, 0.15) is 11.5 Å². The van der Waals surface area contributed by atoms with Crippen LogP contribution in [0.4, 0.5) is 10.5 Å². The largest absolute Gasteiger partial charge is 0.508 e. The second kappa shape index (κ2) is 15.6. The van der Waals surface area contributed by atoms with Crippen LogP contribution in [0.2, 0.25) is 0 Å². The van der Waals surface area contributed by atoms with E-state index in [0.717, 1.165) is 63.8 Å². The Bertz CT molecular complexity index is 1070. The third-order valence-corrected chi connectivity index (χ3v) is 8.59. The Balaban J connectivity index is 1.32. The topological polar surface area (TPSA) is 120 Å². The predicted octanol–water partition coefficient (Wildman–Crippen LogP) is 4.55. The summed E-state index contributed by atoms with van der Waals surface area (Å²) >= 11 is 0. The first kappa shape index (κ1) is 29.7. The molecule has 2 aromatic rings. The van der Waals surface area contributed by atoms with Crippen LogP contribution in [0.3, 0.4) is 0 Å². The molecule has 0 saturated carbocycles. The lowest BCUT2D eigenvalue weighted by atomic mass is 9.98. The second-order valence-corrected chi connectivity index (χ2v) is 11.7. The fourth-order valence-electron chi connectivity index (χ4n) is 4.38. The number of hydrogen-bond donors (Lipinski definition) is 4. The van der Waals surface area contributed by atoms with E-state index in [0.29, 0.717) is 37.8 Å². The van der Waals surface area contributed by atoms with Gasteiger partial charge in [-0.2, -0.15) is 4.31 Å². The highest BCUT2D eigenvalue weighted by molar-refractivity contribution is 7.89. The van der Waals surface area contributed by atoms with E-state index in [2.05, 4.69) is 22.9 Å². The highest BCUT2D eigenvalue weighted by Crippen LogP contribution is 2.24. The Morgan fingerprint density at radius 3 is 2.37 bits per heavy atom. The number of piperidine rings is 1. The van der Waals surface area contributed by atoms with E-state index in [1.54, 1.807) is 52.8 Å². The quantitative estimate of drug-likeness (QED) is 0.243. The van der Waals surface area contributed by atoms with Crippen molar-refractivity contribution in [3.63, 3.8) is 0 Å². The molecule has 10 heteroatoms. The standard InChI is InChI=1S/C28H42N4O5S/c1-2-3-4-5-18-30-28(34)31-24-7-13-27(14-8-24)38(35,36)32-19-15-23(16-20-32)22-29-17-6-21-37-26-11-9-25(33)10-12-26/h7-14,23,29,33H,2-6,15-22H2,1H3,(H2,30,31,34). The number of amides is 2. The van der Waals surface area contributed by atoms with Gasteiger partial charge in [-0.15, -0.1) is 0 Å². The average molecular weight is 547 g/mol. The molecule has 210 valence electrons. The van der Waals surface area contributed by atoms with Crippen molar-refractivity contribution < 1.29 is 23.1 Å². The zero-order valence-corrected chi connectivity index (χ0v) is 23.1. The van der Waals surface area contributed by atoms with E-state index in [1.165, 1.54) is 0 Å². The highest BCUT2D eigenvalue weighted by atomic mass is 32.2. The minimum atomic E-state index is -3.56. The number of hydrogen-bond acceptors (Lipinski definition) is 6. The lowest BCUT2D eigenvalue weighted by molar-refractivity contribution is 0.252. The minimum Gasteiger partial charge on any atom is -0.508 e. The number of nitrogens with zero attached hydrogens (tertiary/aromatic N) is 1. The van der Waals surface area contributed by atoms with Gasteiger partial charge in [0.15, 0.2) is 0 Å². The summed E-state index contributed by atoms with van der Waals surface area (Å²) in [6.45, 7) is 6.04. The number of carbonyl (C=O) groups excluding carboxylic acids is 1. The molecular weight excluding hydrogens is 504 g/mol. The van der Waals surface area contributed by atoms with Gasteiger partial charge >= 0.3 is 6.03 Å². The van der Waals surface area contributed by atoms with Crippen LogP contribution in [0, 0.1) is 5.92 Å². The number of phenolic OH excluding ortho intramolecular Hbond substituents is 1. The van der Waals surface area contributed by atoms with Crippen molar-refractivity contribution in [1.29, 1.82) is 0 Å². The van der Waals surface area contributed by atoms with Gasteiger partial charge in [0.05, 0.1) is 11.5 Å². The molecule has 4 N–H and O–H groups in total. The Hall–Kier alpha value is -2.82. The number of sulfonamides is 1. The molecule has 2 aromatic carbocycles. The molecule has 1 fully saturated rings. The molecule has 38 heavy (non-hydrogen) atoms. The predicted molar refractivity (Wildman–Crippen MR) is 150 cm³/mol. The molecule has 1 heterocycles. The monoisotopic (exact) mass is 546 g/mol. The van der Waals surface area contributed by atoms with Crippen molar-refractivity contribution in [3.05, 3.63) is 48.5 Å². The van der Waals surface area contributed by atoms with E-state index in [4.69, 9.17) is 4.74 Å². The molecule has 1 aliphatic heterocycles. The first-order valence-electron chi connectivity index (χ1n) is 13.7. The maximum Gasteiger partial charge on any atom is 0.319 e. The van der Waals surface area contributed by atoms with E-state index >= 15 is 0 Å². The number of phenols is 1. The Kier molecular flexibility index (Phi) is 12.2. The van der Waals surface area contributed by atoms with Gasteiger partial charge in [-0.25, -0.2) is 13.2 Å². The molecule has 0 radical (unpaired) electrons. The van der Waals surface area contributed by atoms with Crippen molar-refractivity contribution in [2.75, 3.05) is 44.6 Å². The van der Waals surface area contributed by atoms with E-state index in [1.807, 2.05) is 0 Å². The van der Waals surface area contributed by atoms with Crippen LogP contribution in [0.15, 0.2) is 53.4 Å². The summed E-state index contributed by atoms with van der Waals surface area (Å²) in [6.07, 6.45) is 6.84. The number of anilines is 1. The summed E-state index contributed by atoms with van der Waals surface area (Å²) in [6, 6.07) is 12.8. The first-order chi connectivity index (χ1) is 18.4. The number of rotatable bonds is 15. The molecule has 0 unspecified atom stereocenters. The molecule has 1 saturated heterocycles. The van der Waals surface area contributed by atoms with Crippen molar-refractivity contribution >= 4 is 21.7 Å². The van der Waals surface area contributed by atoms with Crippen LogP contribution in [0.5, 0.6) is 11.5 Å². The molecule has 0 aromatic heterocycles. The average Bonchev–Trinajstić information content (AvgIpc) is 2.92. The van der Waals surface area contributed by atoms with Gasteiger partial charge in [0.2, 0.25) is 10.0 Å². The number of aromatic hydroxyl groups is 1. The summed E-state index contributed by atoms with van der Waals surface area (Å²) in [5.74, 6) is 1.39. The Morgan fingerprint density at radius 2 is 1.68 bits per heavy atom. The number of urea groups is 1. The minimum absolute atomic E-state index is 0.220. The normalized spacial score (nSPS) is 14.8. The van der Waals surface area contributed by atoms with Gasteiger partial charge < -0.3 is 25.8 Å². The van der Waals surface area contributed by atoms with Gasteiger partial charge in [-0.3, -0.25) is 0 Å². The third kappa shape index (κ3) is 9.81. The lowest BCUT2D eigenvalue weighted by Crippen LogP contribution is -2.40. The van der Waals surface area contributed by atoms with Crippen LogP contribution >= 0.6 is 0 Å². The SMILES string of the molecule is CCCCCCNC(=O)Nc1ccc(S(=O)(=O)N2CCC(CNCCCOc3ccc(O)cc3)CC2)cc1. The van der Waals surface area contributed by atoms with Gasteiger partial charge in [-0.1, -0.05) is 26.2 Å². The van der Waals surface area contributed by atoms with Crippen molar-refractivity contribution in [1.82, 2.24) is 14.9 Å². The molecule has 2 amide bonds. The Morgan fingerprint density at radius 1 is 0.974 bits per heavy atom. The summed E-state index contributed by atoms with van der Waals surface area (Å²) < 4.78 is 33.4. The van der Waals surface area contributed by atoms with Gasteiger partial charge in [0, 0.05) is 25.3 Å². The molecule has 3 rings (SSSR count). The van der Waals surface area contributed by atoms with E-state index in [-0.39, 0.29) is 16.7 Å². The first-order valence-corrected chi connectivity index (χ1v) is 15.1. The highest BCUT2D eigenvalue weighted by Gasteiger charge is 2.29. The summed E-state index contributed by atoms with van der Waals surface area (Å²) in [7, 11) is -3.56. The second-order valence-electron chi connectivity index (χ2n) is 9.71. The maximum absolute atomic E-state index is 13.1. The van der Waals surface area contributed by atoms with Crippen molar-refractivity contribution in [2.24, 2.45) is 5.92 Å². The van der Waals surface area contributed by atoms with Crippen molar-refractivity contribution in [2.45, 2.75) is 56.8 Å². The molecule has 0 spiro atoms. The number of unbranched alkanes of at least 4 members (excludes halogenated alkanes) is 3. The molecule has 0 bridgehead atoms. The maximum atomic E-state index is 13.1. The fourth-order valence-corrected chi connectivity index (χ4v) is 5.85. The number of nitrogens with one attached hydrogen (secondary N) is 3. The smallest absolute Gasteiger partial charge is 0.319 e. The van der Waals surface area contributed by atoms with Crippen LogP contribution < -0.4 is 20.7 Å².